The number of phenolic OH excluding ortho intramolecular Hbond substituents is 1. The smallest absolute Gasteiger partial charge is 0.122 e. The number of benzene rings is 2. The van der Waals surface area contributed by atoms with Crippen LogP contribution < -0.4 is 11.1 Å². The lowest BCUT2D eigenvalue weighted by Gasteiger charge is -2.07. The molecule has 0 aliphatic heterocycles. The molecule has 0 bridgehead atoms. The van der Waals surface area contributed by atoms with Crippen LogP contribution in [-0.4, -0.2) is 10.9 Å². The van der Waals surface area contributed by atoms with Gasteiger partial charge in [-0.3, -0.25) is 5.41 Å². The zero-order valence-electron chi connectivity index (χ0n) is 9.14. The second-order valence-electron chi connectivity index (χ2n) is 3.66. The van der Waals surface area contributed by atoms with Gasteiger partial charge >= 0.3 is 0 Å². The van der Waals surface area contributed by atoms with Crippen LogP contribution >= 0.6 is 0 Å². The summed E-state index contributed by atoms with van der Waals surface area (Å²) in [6, 6.07) is 14.1. The molecule has 4 heteroatoms. The molecule has 4 nitrogen and oxygen atoms in total. The summed E-state index contributed by atoms with van der Waals surface area (Å²) in [5, 5.41) is 19.6. The molecule has 5 N–H and O–H groups in total. The first-order chi connectivity index (χ1) is 8.15. The number of nitrogens with two attached hydrogens (primary N) is 1. The van der Waals surface area contributed by atoms with Gasteiger partial charge in [-0.2, -0.15) is 0 Å². The van der Waals surface area contributed by atoms with Gasteiger partial charge in [-0.25, -0.2) is 0 Å². The molecule has 0 unspecified atom stereocenters. The molecular formula is C13H13N3O. The normalized spacial score (nSPS) is 9.88. The summed E-state index contributed by atoms with van der Waals surface area (Å²) in [6.07, 6.45) is 0. The highest BCUT2D eigenvalue weighted by atomic mass is 16.3. The van der Waals surface area contributed by atoms with Gasteiger partial charge in [0.05, 0.1) is 0 Å². The van der Waals surface area contributed by atoms with Crippen molar-refractivity contribution in [3.8, 4) is 5.75 Å². The predicted octanol–water partition coefficient (Wildman–Crippen LogP) is 2.42. The summed E-state index contributed by atoms with van der Waals surface area (Å²) in [4.78, 5) is 0. The molecule has 0 amide bonds. The second kappa shape index (κ2) is 4.57. The van der Waals surface area contributed by atoms with Crippen molar-refractivity contribution in [3.05, 3.63) is 54.1 Å². The van der Waals surface area contributed by atoms with Gasteiger partial charge in [0, 0.05) is 16.9 Å². The SMILES string of the molecule is N=C(N)c1ccc(Nc2ccc(O)cc2)cc1. The molecule has 2 aromatic rings. The number of hydrogen-bond acceptors (Lipinski definition) is 3. The van der Waals surface area contributed by atoms with E-state index in [1.165, 1.54) is 0 Å². The zero-order chi connectivity index (χ0) is 12.3. The summed E-state index contributed by atoms with van der Waals surface area (Å²) >= 11 is 0. The molecule has 0 aliphatic carbocycles. The number of nitrogens with one attached hydrogen (secondary N) is 2. The fourth-order valence-corrected chi connectivity index (χ4v) is 1.44. The summed E-state index contributed by atoms with van der Waals surface area (Å²) in [6.45, 7) is 0. The van der Waals surface area contributed by atoms with Gasteiger partial charge < -0.3 is 16.2 Å². The minimum absolute atomic E-state index is 0.0567. The minimum atomic E-state index is 0.0567. The van der Waals surface area contributed by atoms with E-state index in [1.807, 2.05) is 12.1 Å². The number of aromatic hydroxyl groups is 1. The Morgan fingerprint density at radius 1 is 0.941 bits per heavy atom. The largest absolute Gasteiger partial charge is 0.508 e. The first-order valence-corrected chi connectivity index (χ1v) is 5.16. The summed E-state index contributed by atoms with van der Waals surface area (Å²) in [5.41, 5.74) is 7.85. The Hall–Kier alpha value is -2.49. The average Bonchev–Trinajstić information content (AvgIpc) is 2.33. The molecule has 0 aromatic heterocycles. The number of hydrogen-bond donors (Lipinski definition) is 4. The van der Waals surface area contributed by atoms with E-state index in [2.05, 4.69) is 5.32 Å². The second-order valence-corrected chi connectivity index (χ2v) is 3.66. The van der Waals surface area contributed by atoms with Crippen molar-refractivity contribution in [3.63, 3.8) is 0 Å². The molecule has 0 fully saturated rings. The number of rotatable bonds is 3. The van der Waals surface area contributed by atoms with E-state index in [0.717, 1.165) is 11.4 Å². The molecule has 0 spiro atoms. The Labute approximate surface area is 99.2 Å². The Bertz CT molecular complexity index is 517. The van der Waals surface area contributed by atoms with Crippen molar-refractivity contribution >= 4 is 17.2 Å². The van der Waals surface area contributed by atoms with Crippen molar-refractivity contribution in [1.29, 1.82) is 5.41 Å². The molecule has 0 radical (unpaired) electrons. The van der Waals surface area contributed by atoms with Crippen LogP contribution in [0.1, 0.15) is 5.56 Å². The van der Waals surface area contributed by atoms with Crippen molar-refractivity contribution in [1.82, 2.24) is 0 Å². The summed E-state index contributed by atoms with van der Waals surface area (Å²) in [5.74, 6) is 0.295. The highest BCUT2D eigenvalue weighted by Gasteiger charge is 1.97. The van der Waals surface area contributed by atoms with Crippen LogP contribution in [0.3, 0.4) is 0 Å². The summed E-state index contributed by atoms with van der Waals surface area (Å²) < 4.78 is 0. The lowest BCUT2D eigenvalue weighted by molar-refractivity contribution is 0.475. The van der Waals surface area contributed by atoms with Crippen LogP contribution in [0.4, 0.5) is 11.4 Å². The molecule has 0 aliphatic rings. The highest BCUT2D eigenvalue weighted by molar-refractivity contribution is 5.95. The fraction of sp³-hybridized carbons (Fsp3) is 0. The molecule has 2 aromatic carbocycles. The lowest BCUT2D eigenvalue weighted by atomic mass is 10.2. The Balaban J connectivity index is 2.13. The van der Waals surface area contributed by atoms with Crippen molar-refractivity contribution in [2.75, 3.05) is 5.32 Å². The lowest BCUT2D eigenvalue weighted by Crippen LogP contribution is -2.10. The molecular weight excluding hydrogens is 214 g/mol. The van der Waals surface area contributed by atoms with E-state index in [9.17, 15) is 0 Å². The molecule has 0 saturated heterocycles. The first kappa shape index (κ1) is 11.0. The van der Waals surface area contributed by atoms with Crippen LogP contribution in [0.15, 0.2) is 48.5 Å². The van der Waals surface area contributed by atoms with Gasteiger partial charge in [-0.1, -0.05) is 0 Å². The number of anilines is 2. The Morgan fingerprint density at radius 2 is 1.41 bits per heavy atom. The zero-order valence-corrected chi connectivity index (χ0v) is 9.14. The third kappa shape index (κ3) is 2.75. The predicted molar refractivity (Wildman–Crippen MR) is 68.8 cm³/mol. The van der Waals surface area contributed by atoms with Gasteiger partial charge in [0.2, 0.25) is 0 Å². The van der Waals surface area contributed by atoms with Gasteiger partial charge in [0.15, 0.2) is 0 Å². The minimum Gasteiger partial charge on any atom is -0.508 e. The van der Waals surface area contributed by atoms with E-state index in [-0.39, 0.29) is 11.6 Å². The van der Waals surface area contributed by atoms with Crippen LogP contribution in [0.2, 0.25) is 0 Å². The van der Waals surface area contributed by atoms with Gasteiger partial charge in [0.25, 0.3) is 0 Å². The maximum Gasteiger partial charge on any atom is 0.122 e. The van der Waals surface area contributed by atoms with Crippen LogP contribution in [0, 0.1) is 5.41 Å². The van der Waals surface area contributed by atoms with Crippen molar-refractivity contribution in [2.45, 2.75) is 0 Å². The maximum atomic E-state index is 9.15. The summed E-state index contributed by atoms with van der Waals surface area (Å²) in [7, 11) is 0. The highest BCUT2D eigenvalue weighted by Crippen LogP contribution is 2.19. The first-order valence-electron chi connectivity index (χ1n) is 5.16. The van der Waals surface area contributed by atoms with Crippen LogP contribution in [-0.2, 0) is 0 Å². The quantitative estimate of drug-likeness (QED) is 0.369. The molecule has 0 atom stereocenters. The topological polar surface area (TPSA) is 82.1 Å². The average molecular weight is 227 g/mol. The molecule has 0 heterocycles. The van der Waals surface area contributed by atoms with Crippen LogP contribution in [0.5, 0.6) is 5.75 Å². The molecule has 17 heavy (non-hydrogen) atoms. The van der Waals surface area contributed by atoms with Crippen molar-refractivity contribution < 1.29 is 5.11 Å². The standard InChI is InChI=1S/C13H13N3O/c14-13(15)9-1-3-10(4-2-9)16-11-5-7-12(17)8-6-11/h1-8,16-17H,(H3,14,15). The monoisotopic (exact) mass is 227 g/mol. The van der Waals surface area contributed by atoms with Gasteiger partial charge in [-0.15, -0.1) is 0 Å². The maximum absolute atomic E-state index is 9.15. The molecule has 86 valence electrons. The van der Waals surface area contributed by atoms with E-state index in [1.54, 1.807) is 36.4 Å². The van der Waals surface area contributed by atoms with Gasteiger partial charge in [-0.05, 0) is 48.5 Å². The van der Waals surface area contributed by atoms with E-state index < -0.39 is 0 Å². The van der Waals surface area contributed by atoms with E-state index in [4.69, 9.17) is 16.2 Å². The fourth-order valence-electron chi connectivity index (χ4n) is 1.44. The Morgan fingerprint density at radius 3 is 1.88 bits per heavy atom. The third-order valence-corrected chi connectivity index (χ3v) is 2.35. The number of phenols is 1. The third-order valence-electron chi connectivity index (χ3n) is 2.35. The Kier molecular flexibility index (Phi) is 2.96. The van der Waals surface area contributed by atoms with E-state index in [0.29, 0.717) is 5.56 Å². The van der Waals surface area contributed by atoms with E-state index >= 15 is 0 Å². The van der Waals surface area contributed by atoms with Crippen molar-refractivity contribution in [2.24, 2.45) is 5.73 Å². The van der Waals surface area contributed by atoms with Gasteiger partial charge in [0.1, 0.15) is 11.6 Å². The van der Waals surface area contributed by atoms with Crippen LogP contribution in [0.25, 0.3) is 0 Å². The molecule has 0 saturated carbocycles. The molecule has 2 rings (SSSR count). The number of nitrogen functional groups attached to an aromatic ring is 1. The number of amidine groups is 1.